The zero-order chi connectivity index (χ0) is 23.9. The number of piperidine rings is 2. The molecule has 0 aliphatic carbocycles. The van der Waals surface area contributed by atoms with Gasteiger partial charge in [0, 0.05) is 36.3 Å². The fourth-order valence-electron chi connectivity index (χ4n) is 5.34. The van der Waals surface area contributed by atoms with Crippen LogP contribution in [0.25, 0.3) is 22.6 Å². The molecule has 2 aliphatic heterocycles. The third kappa shape index (κ3) is 4.27. The van der Waals surface area contributed by atoms with Crippen LogP contribution in [0.1, 0.15) is 44.7 Å². The van der Waals surface area contributed by atoms with Gasteiger partial charge in [0.25, 0.3) is 0 Å². The molecule has 1 aromatic carbocycles. The fourth-order valence-corrected chi connectivity index (χ4v) is 5.34. The average molecular weight is 462 g/mol. The standard InChI is InChI=1S/C25H31N7O2/c1-15-22(34-4)12-20(29-28-15)16-7-8-19(21(33)10-16)24-26-14-23(30-31-24)32(3)18-11-17-6-5-9-25(2,13-18)27-17/h7-8,10,12,14,17-18,27,33H,5-6,9,11,13H2,1-4H3/t17-,18-,25+/m0/s1. The molecule has 178 valence electrons. The Morgan fingerprint density at radius 1 is 1.18 bits per heavy atom. The largest absolute Gasteiger partial charge is 0.507 e. The van der Waals surface area contributed by atoms with Crippen LogP contribution in [-0.2, 0) is 0 Å². The first-order valence-corrected chi connectivity index (χ1v) is 11.8. The number of hydrogen-bond acceptors (Lipinski definition) is 9. The van der Waals surface area contributed by atoms with Crippen molar-refractivity contribution < 1.29 is 9.84 Å². The highest BCUT2D eigenvalue weighted by molar-refractivity contribution is 5.71. The van der Waals surface area contributed by atoms with E-state index >= 15 is 0 Å². The van der Waals surface area contributed by atoms with Crippen molar-refractivity contribution in [3.8, 4) is 34.1 Å². The quantitative estimate of drug-likeness (QED) is 0.590. The number of aryl methyl sites for hydroxylation is 1. The number of ether oxygens (including phenoxy) is 1. The molecule has 5 rings (SSSR count). The number of benzene rings is 1. The number of aromatic nitrogens is 5. The predicted octanol–water partition coefficient (Wildman–Crippen LogP) is 3.52. The summed E-state index contributed by atoms with van der Waals surface area (Å²) < 4.78 is 5.33. The van der Waals surface area contributed by atoms with Crippen LogP contribution in [0.2, 0.25) is 0 Å². The van der Waals surface area contributed by atoms with Gasteiger partial charge in [0.05, 0.1) is 24.6 Å². The van der Waals surface area contributed by atoms with Gasteiger partial charge in [-0.1, -0.05) is 12.5 Å². The highest BCUT2D eigenvalue weighted by Crippen LogP contribution is 2.37. The Morgan fingerprint density at radius 3 is 2.74 bits per heavy atom. The lowest BCUT2D eigenvalue weighted by molar-refractivity contribution is 0.140. The van der Waals surface area contributed by atoms with Crippen LogP contribution >= 0.6 is 0 Å². The number of phenolic OH excluding ortho intramolecular Hbond substituents is 1. The second kappa shape index (κ2) is 8.79. The van der Waals surface area contributed by atoms with Gasteiger partial charge in [-0.05, 0) is 51.7 Å². The van der Waals surface area contributed by atoms with E-state index in [4.69, 9.17) is 4.74 Å². The number of nitrogens with zero attached hydrogens (tertiary/aromatic N) is 6. The van der Waals surface area contributed by atoms with E-state index in [1.54, 1.807) is 31.5 Å². The number of aromatic hydroxyl groups is 1. The number of nitrogens with one attached hydrogen (secondary N) is 1. The number of anilines is 1. The van der Waals surface area contributed by atoms with Crippen molar-refractivity contribution in [3.63, 3.8) is 0 Å². The number of phenols is 1. The zero-order valence-electron chi connectivity index (χ0n) is 20.1. The summed E-state index contributed by atoms with van der Waals surface area (Å²) in [5, 5.41) is 31.6. The summed E-state index contributed by atoms with van der Waals surface area (Å²) >= 11 is 0. The molecule has 2 bridgehead atoms. The first-order chi connectivity index (χ1) is 16.3. The third-order valence-electron chi connectivity index (χ3n) is 7.22. The van der Waals surface area contributed by atoms with Crippen LogP contribution in [0.3, 0.4) is 0 Å². The van der Waals surface area contributed by atoms with Gasteiger partial charge < -0.3 is 20.1 Å². The van der Waals surface area contributed by atoms with Crippen molar-refractivity contribution in [2.75, 3.05) is 19.1 Å². The molecular weight excluding hydrogens is 430 g/mol. The van der Waals surface area contributed by atoms with Crippen LogP contribution in [-0.4, -0.2) is 62.3 Å². The molecule has 9 nitrogen and oxygen atoms in total. The molecule has 0 spiro atoms. The Labute approximate surface area is 199 Å². The maximum absolute atomic E-state index is 10.7. The Balaban J connectivity index is 1.34. The Kier molecular flexibility index (Phi) is 5.81. The lowest BCUT2D eigenvalue weighted by Crippen LogP contribution is -2.61. The summed E-state index contributed by atoms with van der Waals surface area (Å²) in [7, 11) is 3.67. The molecule has 34 heavy (non-hydrogen) atoms. The van der Waals surface area contributed by atoms with E-state index in [1.807, 2.05) is 13.0 Å². The molecule has 2 aliphatic rings. The minimum Gasteiger partial charge on any atom is -0.507 e. The van der Waals surface area contributed by atoms with E-state index in [-0.39, 0.29) is 11.3 Å². The maximum Gasteiger partial charge on any atom is 0.185 e. The van der Waals surface area contributed by atoms with Crippen molar-refractivity contribution in [2.45, 2.75) is 63.6 Å². The van der Waals surface area contributed by atoms with Crippen LogP contribution in [0.15, 0.2) is 30.5 Å². The van der Waals surface area contributed by atoms with E-state index < -0.39 is 0 Å². The zero-order valence-corrected chi connectivity index (χ0v) is 20.1. The van der Waals surface area contributed by atoms with Crippen LogP contribution in [0.4, 0.5) is 5.82 Å². The first-order valence-electron chi connectivity index (χ1n) is 11.8. The van der Waals surface area contributed by atoms with E-state index in [0.717, 1.165) is 24.2 Å². The minimum absolute atomic E-state index is 0.0563. The molecule has 0 amide bonds. The van der Waals surface area contributed by atoms with Crippen LogP contribution in [0.5, 0.6) is 11.5 Å². The monoisotopic (exact) mass is 461 g/mol. The summed E-state index contributed by atoms with van der Waals surface area (Å²) in [5.41, 5.74) is 2.75. The normalized spacial score (nSPS) is 24.0. The molecule has 3 atom stereocenters. The van der Waals surface area contributed by atoms with E-state index in [0.29, 0.717) is 40.6 Å². The third-order valence-corrected chi connectivity index (χ3v) is 7.22. The van der Waals surface area contributed by atoms with E-state index in [2.05, 4.69) is 49.6 Å². The highest BCUT2D eigenvalue weighted by Gasteiger charge is 2.40. The molecule has 0 saturated carbocycles. The minimum atomic E-state index is 0.0563. The average Bonchev–Trinajstić information content (AvgIpc) is 2.83. The Bertz CT molecular complexity index is 1190. The van der Waals surface area contributed by atoms with Crippen molar-refractivity contribution in [3.05, 3.63) is 36.2 Å². The smallest absolute Gasteiger partial charge is 0.185 e. The summed E-state index contributed by atoms with van der Waals surface area (Å²) in [5.74, 6) is 1.83. The summed E-state index contributed by atoms with van der Waals surface area (Å²) in [6, 6.07) is 8.02. The number of hydrogen-bond donors (Lipinski definition) is 2. The van der Waals surface area contributed by atoms with Gasteiger partial charge in [0.1, 0.15) is 17.2 Å². The van der Waals surface area contributed by atoms with Gasteiger partial charge in [-0.15, -0.1) is 15.3 Å². The second-order valence-electron chi connectivity index (χ2n) is 9.75. The van der Waals surface area contributed by atoms with Crippen molar-refractivity contribution in [1.29, 1.82) is 0 Å². The SMILES string of the molecule is COc1cc(-c2ccc(-c3ncc(N(C)[C@H]4C[C@@H]5CCC[C@](C)(C4)N5)nn3)c(O)c2)nnc1C. The molecular formula is C25H31N7O2. The molecule has 0 unspecified atom stereocenters. The lowest BCUT2D eigenvalue weighted by atomic mass is 9.75. The molecule has 2 fully saturated rings. The second-order valence-corrected chi connectivity index (χ2v) is 9.75. The molecule has 4 heterocycles. The molecule has 3 aromatic rings. The molecule has 0 radical (unpaired) electrons. The van der Waals surface area contributed by atoms with Gasteiger partial charge in [0.15, 0.2) is 11.6 Å². The van der Waals surface area contributed by atoms with Crippen molar-refractivity contribution >= 4 is 5.82 Å². The summed E-state index contributed by atoms with van der Waals surface area (Å²) in [6.45, 7) is 4.16. The summed E-state index contributed by atoms with van der Waals surface area (Å²) in [4.78, 5) is 6.72. The fraction of sp³-hybridized carbons (Fsp3) is 0.480. The summed E-state index contributed by atoms with van der Waals surface area (Å²) in [6.07, 6.45) is 7.67. The van der Waals surface area contributed by atoms with Crippen LogP contribution in [0, 0.1) is 6.92 Å². The Morgan fingerprint density at radius 2 is 2.03 bits per heavy atom. The van der Waals surface area contributed by atoms with E-state index in [1.165, 1.54) is 19.3 Å². The Hall–Kier alpha value is -3.33. The van der Waals surface area contributed by atoms with Gasteiger partial charge in [-0.3, -0.25) is 0 Å². The number of fused-ring (bicyclic) bond motifs is 2. The molecule has 2 saturated heterocycles. The lowest BCUT2D eigenvalue weighted by Gasteiger charge is -2.49. The van der Waals surface area contributed by atoms with Crippen molar-refractivity contribution in [1.82, 2.24) is 30.7 Å². The number of rotatable bonds is 5. The molecule has 2 N–H and O–H groups in total. The van der Waals surface area contributed by atoms with Gasteiger partial charge >= 0.3 is 0 Å². The van der Waals surface area contributed by atoms with E-state index in [9.17, 15) is 5.11 Å². The van der Waals surface area contributed by atoms with Crippen LogP contribution < -0.4 is 15.0 Å². The maximum atomic E-state index is 10.7. The molecule has 2 aromatic heterocycles. The van der Waals surface area contributed by atoms with Gasteiger partial charge in [0.2, 0.25) is 0 Å². The molecule has 9 heteroatoms. The van der Waals surface area contributed by atoms with Gasteiger partial charge in [-0.2, -0.15) is 5.10 Å². The predicted molar refractivity (Wildman–Crippen MR) is 130 cm³/mol. The topological polar surface area (TPSA) is 109 Å². The number of methoxy groups -OCH3 is 1. The first kappa shape index (κ1) is 22.5. The van der Waals surface area contributed by atoms with Crippen molar-refractivity contribution in [2.24, 2.45) is 0 Å². The van der Waals surface area contributed by atoms with Gasteiger partial charge in [-0.25, -0.2) is 4.98 Å². The highest BCUT2D eigenvalue weighted by atomic mass is 16.5.